The molecule has 0 saturated carbocycles. The maximum atomic E-state index is 3.22. The Morgan fingerprint density at radius 1 is 0.500 bits per heavy atom. The van der Waals surface area contributed by atoms with Gasteiger partial charge in [-0.3, -0.25) is 0 Å². The molecule has 4 aromatic rings. The van der Waals surface area contributed by atoms with Gasteiger partial charge < -0.3 is 0 Å². The molecule has 0 aliphatic carbocycles. The molecule has 0 nitrogen and oxygen atoms in total. The Bertz CT molecular complexity index is 1150. The second-order valence-electron chi connectivity index (χ2n) is 6.49. The molecule has 0 spiro atoms. The van der Waals surface area contributed by atoms with Crippen molar-refractivity contribution in [2.24, 2.45) is 0 Å². The third-order valence-electron chi connectivity index (χ3n) is 4.57. The SMILES string of the molecule is CCC#Cc1ccc2cc3cc4cc(C#CCC)ccc4cc3cc2c1. The van der Waals surface area contributed by atoms with E-state index >= 15 is 0 Å². The molecule has 4 aromatic carbocycles. The van der Waals surface area contributed by atoms with Gasteiger partial charge in [-0.25, -0.2) is 0 Å². The Balaban J connectivity index is 1.89. The third kappa shape index (κ3) is 3.15. The molecule has 0 radical (unpaired) electrons. The molecule has 26 heavy (non-hydrogen) atoms. The minimum atomic E-state index is 0.881. The zero-order chi connectivity index (χ0) is 17.9. The highest BCUT2D eigenvalue weighted by Gasteiger charge is 2.03. The second-order valence-corrected chi connectivity index (χ2v) is 6.49. The summed E-state index contributed by atoms with van der Waals surface area (Å²) in [5, 5.41) is 7.51. The van der Waals surface area contributed by atoms with Crippen LogP contribution in [0.25, 0.3) is 32.3 Å². The van der Waals surface area contributed by atoms with E-state index in [1.54, 1.807) is 0 Å². The summed E-state index contributed by atoms with van der Waals surface area (Å²) < 4.78 is 0. The van der Waals surface area contributed by atoms with E-state index in [9.17, 15) is 0 Å². The molecule has 124 valence electrons. The van der Waals surface area contributed by atoms with Gasteiger partial charge >= 0.3 is 0 Å². The molecule has 0 unspecified atom stereocenters. The maximum absolute atomic E-state index is 3.22. The van der Waals surface area contributed by atoms with Crippen LogP contribution < -0.4 is 0 Å². The molecule has 0 atom stereocenters. The molecular formula is C26H20. The fourth-order valence-corrected chi connectivity index (χ4v) is 3.29. The molecule has 0 amide bonds. The first-order chi connectivity index (χ1) is 12.8. The molecule has 4 rings (SSSR count). The van der Waals surface area contributed by atoms with Crippen LogP contribution >= 0.6 is 0 Å². The predicted molar refractivity (Wildman–Crippen MR) is 113 cm³/mol. The van der Waals surface area contributed by atoms with E-state index in [0.29, 0.717) is 0 Å². The van der Waals surface area contributed by atoms with Crippen LogP contribution in [0.3, 0.4) is 0 Å². The number of rotatable bonds is 0. The summed E-state index contributed by atoms with van der Waals surface area (Å²) in [7, 11) is 0. The van der Waals surface area contributed by atoms with Gasteiger partial charge in [0.1, 0.15) is 0 Å². The lowest BCUT2D eigenvalue weighted by Gasteiger charge is -2.06. The third-order valence-corrected chi connectivity index (χ3v) is 4.57. The number of benzene rings is 4. The second kappa shape index (κ2) is 6.95. The molecule has 0 N–H and O–H groups in total. The van der Waals surface area contributed by atoms with Gasteiger partial charge in [-0.1, -0.05) is 49.7 Å². The minimum absolute atomic E-state index is 0.881. The van der Waals surface area contributed by atoms with Gasteiger partial charge in [0.05, 0.1) is 0 Å². The van der Waals surface area contributed by atoms with E-state index < -0.39 is 0 Å². The van der Waals surface area contributed by atoms with E-state index in [1.807, 2.05) is 0 Å². The minimum Gasteiger partial charge on any atom is -0.0982 e. The van der Waals surface area contributed by atoms with E-state index in [0.717, 1.165) is 24.0 Å². The Morgan fingerprint density at radius 2 is 0.885 bits per heavy atom. The lowest BCUT2D eigenvalue weighted by Crippen LogP contribution is -1.82. The van der Waals surface area contributed by atoms with Gasteiger partial charge in [0.2, 0.25) is 0 Å². The molecule has 0 heterocycles. The quantitative estimate of drug-likeness (QED) is 0.249. The molecule has 0 heteroatoms. The smallest absolute Gasteiger partial charge is 0.0251 e. The van der Waals surface area contributed by atoms with Crippen LogP contribution in [-0.2, 0) is 0 Å². The van der Waals surface area contributed by atoms with Crippen LogP contribution in [0.1, 0.15) is 37.8 Å². The summed E-state index contributed by atoms with van der Waals surface area (Å²) in [6.07, 6.45) is 1.76. The highest BCUT2D eigenvalue weighted by atomic mass is 14.1. The first-order valence-corrected chi connectivity index (χ1v) is 9.16. The van der Waals surface area contributed by atoms with Crippen molar-refractivity contribution in [1.29, 1.82) is 0 Å². The van der Waals surface area contributed by atoms with Gasteiger partial charge in [0, 0.05) is 24.0 Å². The predicted octanol–water partition coefficient (Wildman–Crippen LogP) is 6.67. The highest BCUT2D eigenvalue weighted by Crippen LogP contribution is 2.28. The van der Waals surface area contributed by atoms with Crippen LogP contribution in [0, 0.1) is 23.7 Å². The fraction of sp³-hybridized carbons (Fsp3) is 0.154. The average Bonchev–Trinajstić information content (AvgIpc) is 2.67. The Hall–Kier alpha value is -3.22. The van der Waals surface area contributed by atoms with E-state index in [1.165, 1.54) is 32.3 Å². The molecule has 0 aromatic heterocycles. The number of fused-ring (bicyclic) bond motifs is 3. The molecule has 0 bridgehead atoms. The normalized spacial score (nSPS) is 10.4. The summed E-state index contributed by atoms with van der Waals surface area (Å²) in [6.45, 7) is 4.15. The molecule has 0 aliphatic rings. The van der Waals surface area contributed by atoms with E-state index in [2.05, 4.69) is 98.2 Å². The average molecular weight is 332 g/mol. The van der Waals surface area contributed by atoms with E-state index in [4.69, 9.17) is 0 Å². The topological polar surface area (TPSA) is 0 Å². The van der Waals surface area contributed by atoms with Gasteiger partial charge in [0.15, 0.2) is 0 Å². The summed E-state index contributed by atoms with van der Waals surface area (Å²) in [5.74, 6) is 12.7. The van der Waals surface area contributed by atoms with Gasteiger partial charge in [0.25, 0.3) is 0 Å². The largest absolute Gasteiger partial charge is 0.0982 e. The maximum Gasteiger partial charge on any atom is 0.0251 e. The standard InChI is InChI=1S/C26H20/c1-3-5-7-19-9-11-21-15-26-18-24-14-20(8-6-4-2)10-12-22(24)16-25(26)17-23(21)13-19/h9-18H,3-4H2,1-2H3. The van der Waals surface area contributed by atoms with Crippen LogP contribution in [-0.4, -0.2) is 0 Å². The molecule has 0 fully saturated rings. The zero-order valence-corrected chi connectivity index (χ0v) is 15.2. The summed E-state index contributed by atoms with van der Waals surface area (Å²) in [5.41, 5.74) is 2.16. The van der Waals surface area contributed by atoms with Crippen LogP contribution in [0.2, 0.25) is 0 Å². The van der Waals surface area contributed by atoms with Crippen molar-refractivity contribution in [2.45, 2.75) is 26.7 Å². The summed E-state index contributed by atoms with van der Waals surface area (Å²) >= 11 is 0. The van der Waals surface area contributed by atoms with E-state index in [-0.39, 0.29) is 0 Å². The van der Waals surface area contributed by atoms with Crippen molar-refractivity contribution in [3.63, 3.8) is 0 Å². The Labute approximate surface area is 154 Å². The van der Waals surface area contributed by atoms with Gasteiger partial charge in [-0.05, 0) is 80.8 Å². The van der Waals surface area contributed by atoms with Crippen molar-refractivity contribution < 1.29 is 0 Å². The monoisotopic (exact) mass is 332 g/mol. The van der Waals surface area contributed by atoms with Gasteiger partial charge in [-0.15, -0.1) is 0 Å². The summed E-state index contributed by atoms with van der Waals surface area (Å²) in [4.78, 5) is 0. The highest BCUT2D eigenvalue weighted by molar-refractivity contribution is 6.05. The van der Waals surface area contributed by atoms with Crippen LogP contribution in [0.15, 0.2) is 60.7 Å². The first kappa shape index (κ1) is 16.3. The van der Waals surface area contributed by atoms with Crippen molar-refractivity contribution in [2.75, 3.05) is 0 Å². The van der Waals surface area contributed by atoms with Crippen LogP contribution in [0.5, 0.6) is 0 Å². The van der Waals surface area contributed by atoms with Crippen molar-refractivity contribution in [3.05, 3.63) is 71.8 Å². The molecular weight excluding hydrogens is 312 g/mol. The lowest BCUT2D eigenvalue weighted by molar-refractivity contribution is 1.28. The lowest BCUT2D eigenvalue weighted by atomic mass is 9.98. The van der Waals surface area contributed by atoms with Crippen LogP contribution in [0.4, 0.5) is 0 Å². The number of hydrogen-bond donors (Lipinski definition) is 0. The molecule has 0 saturated heterocycles. The Morgan fingerprint density at radius 3 is 1.31 bits per heavy atom. The zero-order valence-electron chi connectivity index (χ0n) is 15.2. The number of hydrogen-bond acceptors (Lipinski definition) is 0. The van der Waals surface area contributed by atoms with Crippen molar-refractivity contribution in [1.82, 2.24) is 0 Å². The Kier molecular flexibility index (Phi) is 4.35. The van der Waals surface area contributed by atoms with Crippen molar-refractivity contribution >= 4 is 32.3 Å². The molecule has 0 aliphatic heterocycles. The fourth-order valence-electron chi connectivity index (χ4n) is 3.29. The van der Waals surface area contributed by atoms with Gasteiger partial charge in [-0.2, -0.15) is 0 Å². The van der Waals surface area contributed by atoms with Crippen molar-refractivity contribution in [3.8, 4) is 23.7 Å². The summed E-state index contributed by atoms with van der Waals surface area (Å²) in [6, 6.07) is 22.0. The first-order valence-electron chi connectivity index (χ1n) is 9.16.